The number of anilines is 1. The molecule has 1 aliphatic heterocycles. The maximum absolute atomic E-state index is 13.6. The van der Waals surface area contributed by atoms with E-state index in [1.54, 1.807) is 4.52 Å². The fraction of sp³-hybridized carbons (Fsp3) is 0.625. The summed E-state index contributed by atoms with van der Waals surface area (Å²) in [5, 5.41) is 12.9. The molecule has 2 unspecified atom stereocenters. The molecule has 1 fully saturated rings. The van der Waals surface area contributed by atoms with Crippen LogP contribution >= 0.6 is 11.8 Å². The first-order valence-electron chi connectivity index (χ1n) is 8.08. The van der Waals surface area contributed by atoms with Crippen LogP contribution in [0.15, 0.2) is 12.3 Å². The van der Waals surface area contributed by atoms with Crippen molar-refractivity contribution in [2.45, 2.75) is 51.6 Å². The van der Waals surface area contributed by atoms with E-state index in [1.165, 1.54) is 24.4 Å². The van der Waals surface area contributed by atoms with Gasteiger partial charge in [-0.2, -0.15) is 11.8 Å². The molecular weight excluding hydrogens is 315 g/mol. The van der Waals surface area contributed by atoms with E-state index in [0.29, 0.717) is 5.52 Å². The summed E-state index contributed by atoms with van der Waals surface area (Å²) in [6.07, 6.45) is 5.68. The highest BCUT2D eigenvalue weighted by Gasteiger charge is 2.15. The highest BCUT2D eigenvalue weighted by molar-refractivity contribution is 7.99. The summed E-state index contributed by atoms with van der Waals surface area (Å²) < 4.78 is 15.2. The summed E-state index contributed by atoms with van der Waals surface area (Å²) in [6.45, 7) is 4.16. The Labute approximate surface area is 140 Å². The maximum Gasteiger partial charge on any atom is 0.238 e. The zero-order chi connectivity index (χ0) is 16.8. The lowest BCUT2D eigenvalue weighted by Gasteiger charge is -2.14. The molecule has 0 bridgehead atoms. The number of halogens is 1. The smallest absolute Gasteiger partial charge is 0.238 e. The lowest BCUT2D eigenvalue weighted by atomic mass is 10.0. The van der Waals surface area contributed by atoms with Gasteiger partial charge in [0.05, 0.1) is 12.3 Å². The number of aromatic nitrogens is 3. The summed E-state index contributed by atoms with van der Waals surface area (Å²) in [7, 11) is 0. The third kappa shape index (κ3) is 4.81. The number of rotatable bonds is 3. The average Bonchev–Trinajstić information content (AvgIpc) is 2.85. The summed E-state index contributed by atoms with van der Waals surface area (Å²) in [5.41, 5.74) is 6.74. The van der Waals surface area contributed by atoms with Crippen LogP contribution < -0.4 is 5.73 Å². The van der Waals surface area contributed by atoms with Crippen LogP contribution in [0.1, 0.15) is 51.1 Å². The van der Waals surface area contributed by atoms with Crippen molar-refractivity contribution < 1.29 is 9.50 Å². The lowest BCUT2D eigenvalue weighted by Crippen LogP contribution is -2.14. The van der Waals surface area contributed by atoms with Crippen LogP contribution in [0.4, 0.5) is 10.3 Å². The molecule has 0 spiro atoms. The van der Waals surface area contributed by atoms with Crippen molar-refractivity contribution in [1.29, 1.82) is 0 Å². The van der Waals surface area contributed by atoms with E-state index in [1.807, 2.05) is 11.8 Å². The Balaban J connectivity index is 0.000000229. The molecule has 1 aliphatic rings. The molecule has 0 radical (unpaired) electrons. The molecular formula is C16H25FN4OS. The quantitative estimate of drug-likeness (QED) is 0.897. The first-order chi connectivity index (χ1) is 11.0. The SMILES string of the molecule is CCCC(C)c1cc(F)c2cnc(N)nn12.OC1CCCSC1. The minimum absolute atomic E-state index is 0.00116. The van der Waals surface area contributed by atoms with Crippen LogP contribution in [0.25, 0.3) is 5.52 Å². The van der Waals surface area contributed by atoms with Crippen LogP contribution in [-0.4, -0.2) is 37.3 Å². The number of hydrogen-bond acceptors (Lipinski definition) is 5. The second kappa shape index (κ2) is 8.49. The summed E-state index contributed by atoms with van der Waals surface area (Å²) in [4.78, 5) is 3.79. The topological polar surface area (TPSA) is 76.4 Å². The van der Waals surface area contributed by atoms with E-state index < -0.39 is 0 Å². The average molecular weight is 340 g/mol. The van der Waals surface area contributed by atoms with Gasteiger partial charge in [0.25, 0.3) is 0 Å². The van der Waals surface area contributed by atoms with Gasteiger partial charge in [-0.25, -0.2) is 13.9 Å². The number of nitrogens with zero attached hydrogens (tertiary/aromatic N) is 3. The highest BCUT2D eigenvalue weighted by Crippen LogP contribution is 2.24. The number of fused-ring (bicyclic) bond motifs is 1. The molecule has 0 aromatic carbocycles. The Hall–Kier alpha value is -1.34. The number of nitrogen functional groups attached to an aromatic ring is 1. The van der Waals surface area contributed by atoms with Gasteiger partial charge >= 0.3 is 0 Å². The zero-order valence-corrected chi connectivity index (χ0v) is 14.5. The lowest BCUT2D eigenvalue weighted by molar-refractivity contribution is 0.185. The van der Waals surface area contributed by atoms with Crippen molar-refractivity contribution in [3.8, 4) is 0 Å². The number of aliphatic hydroxyl groups excluding tert-OH is 1. The van der Waals surface area contributed by atoms with Crippen molar-refractivity contribution in [2.24, 2.45) is 0 Å². The molecule has 0 aliphatic carbocycles. The summed E-state index contributed by atoms with van der Waals surface area (Å²) in [5.74, 6) is 2.33. The first kappa shape index (κ1) is 18.0. The number of thioether (sulfide) groups is 1. The highest BCUT2D eigenvalue weighted by atomic mass is 32.2. The molecule has 5 nitrogen and oxygen atoms in total. The molecule has 1 saturated heterocycles. The minimum Gasteiger partial charge on any atom is -0.392 e. The molecule has 3 heterocycles. The normalized spacial score (nSPS) is 19.2. The third-order valence-corrected chi connectivity index (χ3v) is 5.07. The van der Waals surface area contributed by atoms with Gasteiger partial charge in [0.15, 0.2) is 5.82 Å². The van der Waals surface area contributed by atoms with E-state index in [0.717, 1.165) is 30.7 Å². The molecule has 3 rings (SSSR count). The molecule has 2 atom stereocenters. The number of aliphatic hydroxyl groups is 1. The Morgan fingerprint density at radius 3 is 2.91 bits per heavy atom. The predicted molar refractivity (Wildman–Crippen MR) is 93.2 cm³/mol. The van der Waals surface area contributed by atoms with Gasteiger partial charge in [-0.15, -0.1) is 5.10 Å². The monoisotopic (exact) mass is 340 g/mol. The second-order valence-corrected chi connectivity index (χ2v) is 7.04. The zero-order valence-electron chi connectivity index (χ0n) is 13.7. The summed E-state index contributed by atoms with van der Waals surface area (Å²) >= 11 is 1.85. The van der Waals surface area contributed by atoms with Gasteiger partial charge < -0.3 is 10.8 Å². The van der Waals surface area contributed by atoms with Crippen LogP contribution in [0.2, 0.25) is 0 Å². The van der Waals surface area contributed by atoms with Gasteiger partial charge in [0.2, 0.25) is 5.95 Å². The largest absolute Gasteiger partial charge is 0.392 e. The number of hydrogen-bond donors (Lipinski definition) is 2. The van der Waals surface area contributed by atoms with Gasteiger partial charge in [0.1, 0.15) is 5.52 Å². The fourth-order valence-corrected chi connectivity index (χ4v) is 3.62. The van der Waals surface area contributed by atoms with Crippen molar-refractivity contribution in [3.63, 3.8) is 0 Å². The van der Waals surface area contributed by atoms with E-state index in [9.17, 15) is 4.39 Å². The van der Waals surface area contributed by atoms with Crippen LogP contribution in [0, 0.1) is 5.82 Å². The molecule has 0 amide bonds. The fourth-order valence-electron chi connectivity index (χ4n) is 2.64. The Bertz CT molecular complexity index is 628. The Morgan fingerprint density at radius 1 is 1.57 bits per heavy atom. The van der Waals surface area contributed by atoms with Gasteiger partial charge in [0, 0.05) is 11.4 Å². The van der Waals surface area contributed by atoms with Crippen molar-refractivity contribution in [3.05, 3.63) is 23.8 Å². The van der Waals surface area contributed by atoms with Gasteiger partial charge in [-0.3, -0.25) is 0 Å². The van der Waals surface area contributed by atoms with Gasteiger partial charge in [-0.1, -0.05) is 20.3 Å². The van der Waals surface area contributed by atoms with Crippen LogP contribution in [0.3, 0.4) is 0 Å². The molecule has 23 heavy (non-hydrogen) atoms. The first-order valence-corrected chi connectivity index (χ1v) is 9.23. The predicted octanol–water partition coefficient (Wildman–Crippen LogP) is 3.23. The Kier molecular flexibility index (Phi) is 6.65. The van der Waals surface area contributed by atoms with Crippen molar-refractivity contribution in [2.75, 3.05) is 17.2 Å². The van der Waals surface area contributed by atoms with E-state index in [-0.39, 0.29) is 23.8 Å². The van der Waals surface area contributed by atoms with Crippen molar-refractivity contribution in [1.82, 2.24) is 14.6 Å². The maximum atomic E-state index is 13.6. The van der Waals surface area contributed by atoms with E-state index in [4.69, 9.17) is 10.8 Å². The van der Waals surface area contributed by atoms with Crippen LogP contribution in [-0.2, 0) is 0 Å². The van der Waals surface area contributed by atoms with Crippen molar-refractivity contribution >= 4 is 23.2 Å². The third-order valence-electron chi connectivity index (χ3n) is 3.88. The molecule has 128 valence electrons. The Morgan fingerprint density at radius 2 is 2.35 bits per heavy atom. The molecule has 0 saturated carbocycles. The summed E-state index contributed by atoms with van der Waals surface area (Å²) in [6, 6.07) is 1.52. The number of nitrogens with two attached hydrogens (primary N) is 1. The molecule has 2 aromatic heterocycles. The van der Waals surface area contributed by atoms with Gasteiger partial charge in [-0.05, 0) is 37.0 Å². The second-order valence-electron chi connectivity index (χ2n) is 5.89. The van der Waals surface area contributed by atoms with E-state index in [2.05, 4.69) is 23.9 Å². The van der Waals surface area contributed by atoms with E-state index >= 15 is 0 Å². The minimum atomic E-state index is -0.294. The molecule has 3 N–H and O–H groups in total. The molecule has 2 aromatic rings. The van der Waals surface area contributed by atoms with Crippen LogP contribution in [0.5, 0.6) is 0 Å². The standard InChI is InChI=1S/C11H15FN4.C5H10OS/c1-3-4-7(2)9-5-8(12)10-6-14-11(13)15-16(9)10;6-5-2-1-3-7-4-5/h5-7H,3-4H2,1-2H3,(H2,13,15);5-6H,1-4H2. The molecule has 7 heteroatoms.